The number of benzene rings is 2. The van der Waals surface area contributed by atoms with Gasteiger partial charge in [0.1, 0.15) is 12.1 Å². The summed E-state index contributed by atoms with van der Waals surface area (Å²) in [4.78, 5) is 24.3. The first-order chi connectivity index (χ1) is 11.1. The van der Waals surface area contributed by atoms with Crippen molar-refractivity contribution in [1.82, 2.24) is 20.3 Å². The van der Waals surface area contributed by atoms with E-state index < -0.39 is 0 Å². The molecule has 0 spiro atoms. The van der Waals surface area contributed by atoms with E-state index in [-0.39, 0.29) is 18.0 Å². The number of carbonyl (C=O) groups excluding carboxylic acids is 1. The Morgan fingerprint density at radius 2 is 2.00 bits per heavy atom. The van der Waals surface area contributed by atoms with Crippen molar-refractivity contribution in [2.45, 2.75) is 13.1 Å². The lowest BCUT2D eigenvalue weighted by Gasteiger charge is -2.07. The molecule has 0 aliphatic carbocycles. The van der Waals surface area contributed by atoms with Crippen molar-refractivity contribution in [2.24, 2.45) is 0 Å². The molecule has 23 heavy (non-hydrogen) atoms. The third kappa shape index (κ3) is 3.62. The second-order valence-corrected chi connectivity index (χ2v) is 5.89. The molecule has 0 bridgehead atoms. The van der Waals surface area contributed by atoms with Crippen LogP contribution in [-0.2, 0) is 17.9 Å². The van der Waals surface area contributed by atoms with Gasteiger partial charge in [-0.15, -0.1) is 5.10 Å². The van der Waals surface area contributed by atoms with Crippen molar-refractivity contribution in [3.63, 3.8) is 0 Å². The minimum atomic E-state index is -0.326. The molecule has 0 saturated carbocycles. The van der Waals surface area contributed by atoms with Gasteiger partial charge in [0, 0.05) is 11.0 Å². The normalized spacial score (nSPS) is 10.7. The zero-order chi connectivity index (χ0) is 16.2. The second kappa shape index (κ2) is 6.70. The van der Waals surface area contributed by atoms with Crippen LogP contribution >= 0.6 is 15.9 Å². The summed E-state index contributed by atoms with van der Waals surface area (Å²) in [6.45, 7) is 0.221. The van der Waals surface area contributed by atoms with Gasteiger partial charge >= 0.3 is 0 Å². The monoisotopic (exact) mass is 372 g/mol. The second-order valence-electron chi connectivity index (χ2n) is 4.98. The highest BCUT2D eigenvalue weighted by Crippen LogP contribution is 2.11. The molecular weight excluding hydrogens is 360 g/mol. The summed E-state index contributed by atoms with van der Waals surface area (Å²) in [7, 11) is 0. The number of carbonyl (C=O) groups is 1. The summed E-state index contributed by atoms with van der Waals surface area (Å²) in [5.41, 5.74) is 1.15. The standard InChI is InChI=1S/C16H13BrN4O2/c17-12-5-3-4-11(8-12)9-18-15(22)10-21-16(23)13-6-1-2-7-14(13)19-20-21/h1-8H,9-10H2,(H,18,22). The first kappa shape index (κ1) is 15.4. The Hall–Kier alpha value is -2.54. The van der Waals surface area contributed by atoms with Gasteiger partial charge in [0.25, 0.3) is 5.56 Å². The van der Waals surface area contributed by atoms with Crippen LogP contribution in [0.4, 0.5) is 0 Å². The number of nitrogens with one attached hydrogen (secondary N) is 1. The van der Waals surface area contributed by atoms with E-state index in [4.69, 9.17) is 0 Å². The van der Waals surface area contributed by atoms with Gasteiger partial charge < -0.3 is 5.32 Å². The van der Waals surface area contributed by atoms with Crippen molar-refractivity contribution in [3.05, 3.63) is 68.9 Å². The Morgan fingerprint density at radius 1 is 1.17 bits per heavy atom. The molecule has 1 N–H and O–H groups in total. The Morgan fingerprint density at radius 3 is 2.83 bits per heavy atom. The smallest absolute Gasteiger partial charge is 0.278 e. The van der Waals surface area contributed by atoms with Crippen molar-refractivity contribution >= 4 is 32.7 Å². The van der Waals surface area contributed by atoms with Crippen LogP contribution < -0.4 is 10.9 Å². The zero-order valence-electron chi connectivity index (χ0n) is 12.1. The van der Waals surface area contributed by atoms with E-state index in [1.54, 1.807) is 24.3 Å². The van der Waals surface area contributed by atoms with Crippen LogP contribution in [0.1, 0.15) is 5.56 Å². The van der Waals surface area contributed by atoms with Gasteiger partial charge in [-0.1, -0.05) is 45.4 Å². The van der Waals surface area contributed by atoms with Gasteiger partial charge in [-0.3, -0.25) is 9.59 Å². The van der Waals surface area contributed by atoms with Crippen molar-refractivity contribution < 1.29 is 4.79 Å². The van der Waals surface area contributed by atoms with Gasteiger partial charge in [-0.2, -0.15) is 0 Å². The molecule has 6 nitrogen and oxygen atoms in total. The van der Waals surface area contributed by atoms with Crippen molar-refractivity contribution in [3.8, 4) is 0 Å². The predicted octanol–water partition coefficient (Wildman–Crippen LogP) is 1.87. The Balaban J connectivity index is 1.71. The average molecular weight is 373 g/mol. The Bertz CT molecular complexity index is 923. The van der Waals surface area contributed by atoms with E-state index in [1.807, 2.05) is 24.3 Å². The first-order valence-corrected chi connectivity index (χ1v) is 7.76. The van der Waals surface area contributed by atoms with E-state index in [2.05, 4.69) is 31.6 Å². The third-order valence-corrected chi connectivity index (χ3v) is 3.79. The molecule has 0 saturated heterocycles. The molecule has 0 aliphatic rings. The molecular formula is C16H13BrN4O2. The summed E-state index contributed by atoms with van der Waals surface area (Å²) in [5.74, 6) is -0.295. The largest absolute Gasteiger partial charge is 0.350 e. The van der Waals surface area contributed by atoms with Crippen LogP contribution in [-0.4, -0.2) is 20.9 Å². The first-order valence-electron chi connectivity index (χ1n) is 6.97. The molecule has 0 aliphatic heterocycles. The predicted molar refractivity (Wildman–Crippen MR) is 89.8 cm³/mol. The maximum atomic E-state index is 12.3. The van der Waals surface area contributed by atoms with Crippen LogP contribution in [0.2, 0.25) is 0 Å². The summed E-state index contributed by atoms with van der Waals surface area (Å²) < 4.78 is 2.01. The highest BCUT2D eigenvalue weighted by Gasteiger charge is 2.09. The van der Waals surface area contributed by atoms with Gasteiger partial charge in [-0.25, -0.2) is 4.68 Å². The molecule has 0 fully saturated rings. The molecule has 1 amide bonds. The molecule has 116 valence electrons. The van der Waals surface area contributed by atoms with Crippen LogP contribution in [0.3, 0.4) is 0 Å². The summed E-state index contributed by atoms with van der Waals surface area (Å²) in [5, 5.41) is 11.0. The number of hydrogen-bond donors (Lipinski definition) is 1. The molecule has 1 heterocycles. The average Bonchev–Trinajstić information content (AvgIpc) is 2.56. The summed E-state index contributed by atoms with van der Waals surface area (Å²) in [6.07, 6.45) is 0. The van der Waals surface area contributed by atoms with E-state index in [9.17, 15) is 9.59 Å². The van der Waals surface area contributed by atoms with Gasteiger partial charge in [-0.05, 0) is 29.8 Å². The number of hydrogen-bond acceptors (Lipinski definition) is 4. The Kier molecular flexibility index (Phi) is 4.47. The molecule has 0 unspecified atom stereocenters. The lowest BCUT2D eigenvalue weighted by molar-refractivity contribution is -0.122. The van der Waals surface area contributed by atoms with Gasteiger partial charge in [0.15, 0.2) is 0 Å². The molecule has 7 heteroatoms. The van der Waals surface area contributed by atoms with Crippen LogP contribution in [0.5, 0.6) is 0 Å². The molecule has 2 aromatic carbocycles. The molecule has 3 aromatic rings. The Labute approximate surface area is 140 Å². The fourth-order valence-electron chi connectivity index (χ4n) is 2.17. The van der Waals surface area contributed by atoms with E-state index in [0.29, 0.717) is 17.4 Å². The SMILES string of the molecule is O=C(Cn1nnc2ccccc2c1=O)NCc1cccc(Br)c1. The topological polar surface area (TPSA) is 76.9 Å². The molecule has 0 atom stereocenters. The highest BCUT2D eigenvalue weighted by atomic mass is 79.9. The van der Waals surface area contributed by atoms with E-state index >= 15 is 0 Å². The summed E-state index contributed by atoms with van der Waals surface area (Å²) in [6, 6.07) is 14.5. The lowest BCUT2D eigenvalue weighted by Crippen LogP contribution is -2.34. The maximum Gasteiger partial charge on any atom is 0.278 e. The molecule has 0 radical (unpaired) electrons. The number of nitrogens with zero attached hydrogens (tertiary/aromatic N) is 3. The van der Waals surface area contributed by atoms with Crippen LogP contribution in [0.25, 0.3) is 10.9 Å². The minimum absolute atomic E-state index is 0.162. The number of fused-ring (bicyclic) bond motifs is 1. The number of halogens is 1. The lowest BCUT2D eigenvalue weighted by atomic mass is 10.2. The van der Waals surface area contributed by atoms with Gasteiger partial charge in [0.2, 0.25) is 5.91 Å². The van der Waals surface area contributed by atoms with Gasteiger partial charge in [0.05, 0.1) is 5.39 Å². The third-order valence-electron chi connectivity index (χ3n) is 3.30. The molecule has 1 aromatic heterocycles. The minimum Gasteiger partial charge on any atom is -0.350 e. The number of aromatic nitrogens is 3. The molecule has 3 rings (SSSR count). The van der Waals surface area contributed by atoms with Crippen LogP contribution in [0.15, 0.2) is 57.8 Å². The van der Waals surface area contributed by atoms with E-state index in [1.165, 1.54) is 0 Å². The van der Waals surface area contributed by atoms with Crippen LogP contribution in [0, 0.1) is 0 Å². The summed E-state index contributed by atoms with van der Waals surface area (Å²) >= 11 is 3.38. The maximum absolute atomic E-state index is 12.3. The van der Waals surface area contributed by atoms with Crippen molar-refractivity contribution in [1.29, 1.82) is 0 Å². The van der Waals surface area contributed by atoms with Crippen molar-refractivity contribution in [2.75, 3.05) is 0 Å². The highest BCUT2D eigenvalue weighted by molar-refractivity contribution is 9.10. The fraction of sp³-hybridized carbons (Fsp3) is 0.125. The number of rotatable bonds is 4. The number of amides is 1. The van der Waals surface area contributed by atoms with E-state index in [0.717, 1.165) is 14.7 Å². The zero-order valence-corrected chi connectivity index (χ0v) is 13.7. The fourth-order valence-corrected chi connectivity index (χ4v) is 2.61. The quantitative estimate of drug-likeness (QED) is 0.758.